The summed E-state index contributed by atoms with van der Waals surface area (Å²) in [6.45, 7) is 4.56. The van der Waals surface area contributed by atoms with Crippen LogP contribution in [0.15, 0.2) is 27.1 Å². The van der Waals surface area contributed by atoms with Crippen LogP contribution in [0.4, 0.5) is 0 Å². The topological polar surface area (TPSA) is 12.0 Å². The van der Waals surface area contributed by atoms with Gasteiger partial charge in [-0.25, -0.2) is 0 Å². The second kappa shape index (κ2) is 7.55. The Morgan fingerprint density at radius 1 is 1.06 bits per heavy atom. The molecule has 96 valence electrons. The molecule has 0 aliphatic carbocycles. The van der Waals surface area contributed by atoms with Crippen LogP contribution in [-0.4, -0.2) is 7.05 Å². The van der Waals surface area contributed by atoms with E-state index in [0.29, 0.717) is 6.04 Å². The smallest absolute Gasteiger partial charge is 0.0318 e. The molecule has 0 fully saturated rings. The summed E-state index contributed by atoms with van der Waals surface area (Å²) in [6.07, 6.45) is 3.76. The zero-order valence-electron chi connectivity index (χ0n) is 10.8. The molecule has 0 aliphatic rings. The van der Waals surface area contributed by atoms with Crippen LogP contribution in [0.2, 0.25) is 0 Å². The summed E-state index contributed by atoms with van der Waals surface area (Å²) < 4.78 is 2.26. The fourth-order valence-corrected chi connectivity index (χ4v) is 3.31. The monoisotopic (exact) mass is 361 g/mol. The standard InChI is InChI=1S/C14H21Br2N/c1-10(2)5-4-6-14(17-3)11-7-12(15)9-13(16)8-11/h7-10,14,17H,4-6H2,1-3H3. The lowest BCUT2D eigenvalue weighted by molar-refractivity contribution is 0.470. The first-order valence-electron chi connectivity index (χ1n) is 6.16. The summed E-state index contributed by atoms with van der Waals surface area (Å²) in [7, 11) is 2.04. The molecule has 1 unspecified atom stereocenters. The molecule has 1 atom stereocenters. The van der Waals surface area contributed by atoms with Gasteiger partial charge < -0.3 is 5.32 Å². The normalized spacial score (nSPS) is 13.1. The van der Waals surface area contributed by atoms with E-state index in [0.717, 1.165) is 14.9 Å². The first kappa shape index (κ1) is 15.2. The number of benzene rings is 1. The highest BCUT2D eigenvalue weighted by molar-refractivity contribution is 9.11. The number of nitrogens with one attached hydrogen (secondary N) is 1. The fourth-order valence-electron chi connectivity index (χ4n) is 1.98. The van der Waals surface area contributed by atoms with Crippen molar-refractivity contribution in [1.29, 1.82) is 0 Å². The number of rotatable bonds is 6. The lowest BCUT2D eigenvalue weighted by Gasteiger charge is -2.18. The molecule has 0 bridgehead atoms. The molecule has 1 aromatic rings. The van der Waals surface area contributed by atoms with Gasteiger partial charge in [0.25, 0.3) is 0 Å². The van der Waals surface area contributed by atoms with E-state index < -0.39 is 0 Å². The van der Waals surface area contributed by atoms with Crippen molar-refractivity contribution in [3.05, 3.63) is 32.7 Å². The summed E-state index contributed by atoms with van der Waals surface area (Å²) >= 11 is 7.09. The van der Waals surface area contributed by atoms with Crippen LogP contribution in [0, 0.1) is 5.92 Å². The van der Waals surface area contributed by atoms with Crippen LogP contribution in [0.1, 0.15) is 44.7 Å². The first-order chi connectivity index (χ1) is 8.02. The molecule has 0 amide bonds. The number of hydrogen-bond donors (Lipinski definition) is 1. The average Bonchev–Trinajstić information content (AvgIpc) is 2.22. The Hall–Kier alpha value is 0.140. The van der Waals surface area contributed by atoms with Gasteiger partial charge in [0.05, 0.1) is 0 Å². The Kier molecular flexibility index (Phi) is 6.75. The summed E-state index contributed by atoms with van der Waals surface area (Å²) in [5, 5.41) is 3.40. The highest BCUT2D eigenvalue weighted by Gasteiger charge is 2.10. The first-order valence-corrected chi connectivity index (χ1v) is 7.74. The number of halogens is 2. The molecule has 0 saturated heterocycles. The summed E-state index contributed by atoms with van der Waals surface area (Å²) in [6, 6.07) is 6.91. The van der Waals surface area contributed by atoms with Crippen LogP contribution >= 0.6 is 31.9 Å². The van der Waals surface area contributed by atoms with E-state index in [-0.39, 0.29) is 0 Å². The highest BCUT2D eigenvalue weighted by atomic mass is 79.9. The van der Waals surface area contributed by atoms with Crippen LogP contribution in [0.5, 0.6) is 0 Å². The Balaban J connectivity index is 2.65. The third-order valence-electron chi connectivity index (χ3n) is 2.91. The third-order valence-corrected chi connectivity index (χ3v) is 3.83. The SMILES string of the molecule is CNC(CCCC(C)C)c1cc(Br)cc(Br)c1. The van der Waals surface area contributed by atoms with Gasteiger partial charge in [-0.1, -0.05) is 58.5 Å². The van der Waals surface area contributed by atoms with Crippen LogP contribution < -0.4 is 5.32 Å². The summed E-state index contributed by atoms with van der Waals surface area (Å²) in [5.74, 6) is 0.793. The molecule has 0 spiro atoms. The molecule has 0 aliphatic heterocycles. The van der Waals surface area contributed by atoms with Gasteiger partial charge in [0.15, 0.2) is 0 Å². The van der Waals surface area contributed by atoms with E-state index in [4.69, 9.17) is 0 Å². The van der Waals surface area contributed by atoms with Crippen molar-refractivity contribution >= 4 is 31.9 Å². The van der Waals surface area contributed by atoms with Crippen LogP contribution in [-0.2, 0) is 0 Å². The Morgan fingerprint density at radius 2 is 1.65 bits per heavy atom. The molecule has 3 heteroatoms. The predicted molar refractivity (Wildman–Crippen MR) is 82.3 cm³/mol. The van der Waals surface area contributed by atoms with Gasteiger partial charge in [-0.2, -0.15) is 0 Å². The third kappa shape index (κ3) is 5.54. The van der Waals surface area contributed by atoms with Crippen molar-refractivity contribution in [2.75, 3.05) is 7.05 Å². The van der Waals surface area contributed by atoms with E-state index in [1.807, 2.05) is 7.05 Å². The molecular formula is C14H21Br2N. The van der Waals surface area contributed by atoms with Gasteiger partial charge in [0.1, 0.15) is 0 Å². The minimum atomic E-state index is 0.447. The minimum absolute atomic E-state index is 0.447. The van der Waals surface area contributed by atoms with E-state index in [1.165, 1.54) is 24.8 Å². The molecule has 17 heavy (non-hydrogen) atoms. The van der Waals surface area contributed by atoms with Crippen molar-refractivity contribution in [3.8, 4) is 0 Å². The van der Waals surface area contributed by atoms with E-state index in [9.17, 15) is 0 Å². The van der Waals surface area contributed by atoms with Gasteiger partial charge in [0.2, 0.25) is 0 Å². The summed E-state index contributed by atoms with van der Waals surface area (Å²) in [5.41, 5.74) is 1.34. The maximum atomic E-state index is 3.54. The molecule has 0 heterocycles. The Morgan fingerprint density at radius 3 is 2.12 bits per heavy atom. The molecule has 1 aromatic carbocycles. The maximum Gasteiger partial charge on any atom is 0.0318 e. The van der Waals surface area contributed by atoms with Crippen molar-refractivity contribution in [2.24, 2.45) is 5.92 Å². The fraction of sp³-hybridized carbons (Fsp3) is 0.571. The molecule has 1 nitrogen and oxygen atoms in total. The van der Waals surface area contributed by atoms with Gasteiger partial charge >= 0.3 is 0 Å². The lowest BCUT2D eigenvalue weighted by Crippen LogP contribution is -2.16. The Labute approximate surface area is 122 Å². The lowest BCUT2D eigenvalue weighted by atomic mass is 9.98. The molecule has 1 rings (SSSR count). The second-order valence-corrected chi connectivity index (χ2v) is 6.70. The van der Waals surface area contributed by atoms with E-state index in [2.05, 4.69) is 69.2 Å². The number of hydrogen-bond acceptors (Lipinski definition) is 1. The molecule has 0 aromatic heterocycles. The maximum absolute atomic E-state index is 3.54. The van der Waals surface area contributed by atoms with Gasteiger partial charge in [-0.3, -0.25) is 0 Å². The van der Waals surface area contributed by atoms with Crippen molar-refractivity contribution in [2.45, 2.75) is 39.2 Å². The zero-order valence-corrected chi connectivity index (χ0v) is 13.9. The molecule has 0 saturated carbocycles. The molecule has 1 N–H and O–H groups in total. The van der Waals surface area contributed by atoms with Crippen LogP contribution in [0.25, 0.3) is 0 Å². The van der Waals surface area contributed by atoms with Crippen molar-refractivity contribution < 1.29 is 0 Å². The van der Waals surface area contributed by atoms with Gasteiger partial charge in [-0.15, -0.1) is 0 Å². The second-order valence-electron chi connectivity index (χ2n) is 4.87. The van der Waals surface area contributed by atoms with Crippen LogP contribution in [0.3, 0.4) is 0 Å². The van der Waals surface area contributed by atoms with E-state index >= 15 is 0 Å². The van der Waals surface area contributed by atoms with E-state index in [1.54, 1.807) is 0 Å². The summed E-state index contributed by atoms with van der Waals surface area (Å²) in [4.78, 5) is 0. The Bertz CT molecular complexity index is 330. The van der Waals surface area contributed by atoms with Gasteiger partial charge in [0, 0.05) is 15.0 Å². The zero-order chi connectivity index (χ0) is 12.8. The largest absolute Gasteiger partial charge is 0.313 e. The highest BCUT2D eigenvalue weighted by Crippen LogP contribution is 2.27. The van der Waals surface area contributed by atoms with Crippen molar-refractivity contribution in [3.63, 3.8) is 0 Å². The average molecular weight is 363 g/mol. The predicted octanol–water partition coefficient (Wildman–Crippen LogP) is 5.30. The minimum Gasteiger partial charge on any atom is -0.313 e. The van der Waals surface area contributed by atoms with Crippen molar-refractivity contribution in [1.82, 2.24) is 5.32 Å². The van der Waals surface area contributed by atoms with Gasteiger partial charge in [-0.05, 0) is 43.1 Å². The molecular weight excluding hydrogens is 342 g/mol. The quantitative estimate of drug-likeness (QED) is 0.724. The molecule has 0 radical (unpaired) electrons.